The average Bonchev–Trinajstić information content (AvgIpc) is 2.05. The maximum absolute atomic E-state index is 12.4. The van der Waals surface area contributed by atoms with Crippen LogP contribution in [0.15, 0.2) is 24.3 Å². The maximum Gasteiger partial charge on any atom is 0.123 e. The van der Waals surface area contributed by atoms with Crippen molar-refractivity contribution in [1.29, 1.82) is 0 Å². The van der Waals surface area contributed by atoms with E-state index in [0.717, 1.165) is 5.56 Å². The van der Waals surface area contributed by atoms with Crippen LogP contribution in [0.1, 0.15) is 18.5 Å². The summed E-state index contributed by atoms with van der Waals surface area (Å²) in [7, 11) is 0. The molecule has 0 heterocycles. The van der Waals surface area contributed by atoms with E-state index >= 15 is 0 Å². The Morgan fingerprint density at radius 1 is 1.36 bits per heavy atom. The van der Waals surface area contributed by atoms with Crippen molar-refractivity contribution < 1.29 is 9.60 Å². The number of hydroxylamine groups is 1. The van der Waals surface area contributed by atoms with Crippen LogP contribution in [0.5, 0.6) is 0 Å². The molecule has 0 aliphatic rings. The molecule has 0 saturated carbocycles. The van der Waals surface area contributed by atoms with Crippen molar-refractivity contribution in [3.8, 4) is 0 Å². The lowest BCUT2D eigenvalue weighted by Crippen LogP contribution is -2.12. The van der Waals surface area contributed by atoms with Crippen LogP contribution < -0.4 is 5.48 Å². The molecule has 0 spiro atoms. The number of hydrogen-bond donors (Lipinski definition) is 2. The molecule has 1 aromatic carbocycles. The van der Waals surface area contributed by atoms with Gasteiger partial charge in [-0.2, -0.15) is 5.48 Å². The molecule has 0 aliphatic heterocycles. The standard InChI is InChI=1S/C8H10FNO/c1-6(10-11)7-2-4-8(9)5-3-7/h2-6,10-11H,1H3/t6-/m0/s1. The van der Waals surface area contributed by atoms with Crippen molar-refractivity contribution in [2.24, 2.45) is 0 Å². The second-order valence-electron chi connectivity index (χ2n) is 2.40. The topological polar surface area (TPSA) is 32.3 Å². The molecule has 1 aromatic rings. The molecular weight excluding hydrogens is 145 g/mol. The highest BCUT2D eigenvalue weighted by Crippen LogP contribution is 2.11. The van der Waals surface area contributed by atoms with Crippen molar-refractivity contribution in [3.63, 3.8) is 0 Å². The smallest absolute Gasteiger partial charge is 0.123 e. The maximum atomic E-state index is 12.4. The monoisotopic (exact) mass is 155 g/mol. The summed E-state index contributed by atoms with van der Waals surface area (Å²) < 4.78 is 12.4. The fraction of sp³-hybridized carbons (Fsp3) is 0.250. The Hall–Kier alpha value is -0.930. The zero-order chi connectivity index (χ0) is 8.27. The Kier molecular flexibility index (Phi) is 2.57. The van der Waals surface area contributed by atoms with E-state index in [0.29, 0.717) is 0 Å². The van der Waals surface area contributed by atoms with Gasteiger partial charge in [0.15, 0.2) is 0 Å². The number of halogens is 1. The van der Waals surface area contributed by atoms with Gasteiger partial charge in [-0.15, -0.1) is 0 Å². The zero-order valence-corrected chi connectivity index (χ0v) is 6.21. The summed E-state index contributed by atoms with van der Waals surface area (Å²) >= 11 is 0. The van der Waals surface area contributed by atoms with Gasteiger partial charge in [-0.1, -0.05) is 12.1 Å². The SMILES string of the molecule is C[C@H](NO)c1ccc(F)cc1. The molecule has 11 heavy (non-hydrogen) atoms. The van der Waals surface area contributed by atoms with Crippen molar-refractivity contribution in [2.45, 2.75) is 13.0 Å². The first kappa shape index (κ1) is 8.17. The van der Waals surface area contributed by atoms with Crippen LogP contribution in [0.4, 0.5) is 4.39 Å². The van der Waals surface area contributed by atoms with E-state index in [1.165, 1.54) is 12.1 Å². The molecule has 1 atom stereocenters. The third-order valence-electron chi connectivity index (χ3n) is 1.56. The zero-order valence-electron chi connectivity index (χ0n) is 6.21. The number of hydrogen-bond acceptors (Lipinski definition) is 2. The summed E-state index contributed by atoms with van der Waals surface area (Å²) in [6, 6.07) is 5.83. The highest BCUT2D eigenvalue weighted by atomic mass is 19.1. The molecule has 0 aliphatic carbocycles. The molecule has 0 bridgehead atoms. The van der Waals surface area contributed by atoms with Gasteiger partial charge in [0.25, 0.3) is 0 Å². The minimum Gasteiger partial charge on any atom is -0.316 e. The second kappa shape index (κ2) is 3.46. The molecule has 2 nitrogen and oxygen atoms in total. The van der Waals surface area contributed by atoms with Crippen LogP contribution in [0.2, 0.25) is 0 Å². The Morgan fingerprint density at radius 3 is 2.36 bits per heavy atom. The Labute approximate surface area is 64.6 Å². The van der Waals surface area contributed by atoms with Gasteiger partial charge in [-0.3, -0.25) is 0 Å². The second-order valence-corrected chi connectivity index (χ2v) is 2.40. The fourth-order valence-corrected chi connectivity index (χ4v) is 0.826. The normalized spacial score (nSPS) is 13.0. The van der Waals surface area contributed by atoms with Gasteiger partial charge in [0, 0.05) is 0 Å². The van der Waals surface area contributed by atoms with Crippen LogP contribution in [-0.2, 0) is 0 Å². The Bertz CT molecular complexity index is 222. The third-order valence-corrected chi connectivity index (χ3v) is 1.56. The van der Waals surface area contributed by atoms with Crippen LogP contribution in [0.3, 0.4) is 0 Å². The highest BCUT2D eigenvalue weighted by Gasteiger charge is 2.01. The van der Waals surface area contributed by atoms with Crippen LogP contribution in [0, 0.1) is 5.82 Å². The van der Waals surface area contributed by atoms with Gasteiger partial charge >= 0.3 is 0 Å². The molecule has 0 unspecified atom stereocenters. The molecule has 60 valence electrons. The van der Waals surface area contributed by atoms with Crippen LogP contribution in [-0.4, -0.2) is 5.21 Å². The largest absolute Gasteiger partial charge is 0.316 e. The lowest BCUT2D eigenvalue weighted by molar-refractivity contribution is 0.133. The Morgan fingerprint density at radius 2 is 1.91 bits per heavy atom. The lowest BCUT2D eigenvalue weighted by atomic mass is 10.1. The highest BCUT2D eigenvalue weighted by molar-refractivity contribution is 5.18. The van der Waals surface area contributed by atoms with Gasteiger partial charge in [0.05, 0.1) is 6.04 Å². The van der Waals surface area contributed by atoms with E-state index in [1.54, 1.807) is 19.1 Å². The lowest BCUT2D eigenvalue weighted by Gasteiger charge is -2.07. The molecule has 0 amide bonds. The average molecular weight is 155 g/mol. The van der Waals surface area contributed by atoms with E-state index in [-0.39, 0.29) is 11.9 Å². The van der Waals surface area contributed by atoms with Gasteiger partial charge in [-0.05, 0) is 24.6 Å². The van der Waals surface area contributed by atoms with Gasteiger partial charge in [0.2, 0.25) is 0 Å². The van der Waals surface area contributed by atoms with E-state index in [9.17, 15) is 4.39 Å². The summed E-state index contributed by atoms with van der Waals surface area (Å²) in [4.78, 5) is 0. The van der Waals surface area contributed by atoms with Gasteiger partial charge in [0.1, 0.15) is 5.82 Å². The molecule has 2 N–H and O–H groups in total. The van der Waals surface area contributed by atoms with E-state index in [4.69, 9.17) is 5.21 Å². The van der Waals surface area contributed by atoms with Gasteiger partial charge in [-0.25, -0.2) is 4.39 Å². The van der Waals surface area contributed by atoms with Crippen molar-refractivity contribution in [1.82, 2.24) is 5.48 Å². The van der Waals surface area contributed by atoms with Crippen LogP contribution in [0.25, 0.3) is 0 Å². The van der Waals surface area contributed by atoms with E-state index in [1.807, 2.05) is 0 Å². The minimum atomic E-state index is -0.265. The summed E-state index contributed by atoms with van der Waals surface area (Å²) in [5.74, 6) is -0.265. The summed E-state index contributed by atoms with van der Waals surface area (Å²) in [5, 5.41) is 8.51. The number of nitrogens with one attached hydrogen (secondary N) is 1. The minimum absolute atomic E-state index is 0.157. The summed E-state index contributed by atoms with van der Waals surface area (Å²) in [6.07, 6.45) is 0. The van der Waals surface area contributed by atoms with E-state index < -0.39 is 0 Å². The predicted octanol–water partition coefficient (Wildman–Crippen LogP) is 1.87. The Balaban J connectivity index is 2.81. The molecular formula is C8H10FNO. The quantitative estimate of drug-likeness (QED) is 0.639. The molecule has 0 saturated heterocycles. The molecule has 0 radical (unpaired) electrons. The first-order chi connectivity index (χ1) is 5.24. The fourth-order valence-electron chi connectivity index (χ4n) is 0.826. The number of benzene rings is 1. The van der Waals surface area contributed by atoms with Crippen molar-refractivity contribution in [2.75, 3.05) is 0 Å². The molecule has 0 fully saturated rings. The first-order valence-corrected chi connectivity index (χ1v) is 3.39. The molecule has 3 heteroatoms. The predicted molar refractivity (Wildman–Crippen MR) is 39.7 cm³/mol. The number of rotatable bonds is 2. The van der Waals surface area contributed by atoms with Crippen molar-refractivity contribution in [3.05, 3.63) is 35.6 Å². The molecule has 0 aromatic heterocycles. The first-order valence-electron chi connectivity index (χ1n) is 3.39. The summed E-state index contributed by atoms with van der Waals surface area (Å²) in [6.45, 7) is 1.78. The van der Waals surface area contributed by atoms with E-state index in [2.05, 4.69) is 5.48 Å². The summed E-state index contributed by atoms with van der Waals surface area (Å²) in [5.41, 5.74) is 2.93. The third kappa shape index (κ3) is 2.00. The van der Waals surface area contributed by atoms with Gasteiger partial charge < -0.3 is 5.21 Å². The molecule has 1 rings (SSSR count). The van der Waals surface area contributed by atoms with Crippen molar-refractivity contribution >= 4 is 0 Å². The van der Waals surface area contributed by atoms with Crippen LogP contribution >= 0.6 is 0 Å².